The molecule has 2 aromatic rings. The first-order valence-corrected chi connectivity index (χ1v) is 6.27. The lowest BCUT2D eigenvalue weighted by Crippen LogP contribution is -2.18. The normalized spacial score (nSPS) is 10.2. The summed E-state index contributed by atoms with van der Waals surface area (Å²) in [5.41, 5.74) is 9.87. The summed E-state index contributed by atoms with van der Waals surface area (Å²) in [6.45, 7) is 2.92. The Balaban J connectivity index is 2.15. The zero-order chi connectivity index (χ0) is 13.8. The van der Waals surface area contributed by atoms with Crippen LogP contribution in [0.25, 0.3) is 0 Å². The minimum atomic E-state index is 0.102. The summed E-state index contributed by atoms with van der Waals surface area (Å²) in [7, 11) is 2.04. The Hall–Kier alpha value is -2.29. The number of amidine groups is 1. The predicted octanol–water partition coefficient (Wildman–Crippen LogP) is 2.92. The highest BCUT2D eigenvalue weighted by Crippen LogP contribution is 2.17. The van der Waals surface area contributed by atoms with Gasteiger partial charge in [0.1, 0.15) is 5.84 Å². The van der Waals surface area contributed by atoms with Crippen LogP contribution < -0.4 is 10.6 Å². The summed E-state index contributed by atoms with van der Waals surface area (Å²) in [5.74, 6) is 0.102. The minimum Gasteiger partial charge on any atom is -0.384 e. The van der Waals surface area contributed by atoms with E-state index >= 15 is 0 Å². The predicted molar refractivity (Wildman–Crippen MR) is 80.7 cm³/mol. The van der Waals surface area contributed by atoms with E-state index in [1.54, 1.807) is 0 Å². The largest absolute Gasteiger partial charge is 0.384 e. The van der Waals surface area contributed by atoms with Crippen LogP contribution in [0.4, 0.5) is 5.69 Å². The van der Waals surface area contributed by atoms with Crippen molar-refractivity contribution in [3.8, 4) is 0 Å². The van der Waals surface area contributed by atoms with E-state index in [2.05, 4.69) is 36.1 Å². The smallest absolute Gasteiger partial charge is 0.122 e. The van der Waals surface area contributed by atoms with Gasteiger partial charge in [0.2, 0.25) is 0 Å². The van der Waals surface area contributed by atoms with Crippen molar-refractivity contribution in [2.75, 3.05) is 11.9 Å². The first-order valence-electron chi connectivity index (χ1n) is 6.27. The third-order valence-electron chi connectivity index (χ3n) is 3.14. The molecule has 3 nitrogen and oxygen atoms in total. The molecule has 0 bridgehead atoms. The van der Waals surface area contributed by atoms with Gasteiger partial charge in [0, 0.05) is 24.8 Å². The topological polar surface area (TPSA) is 53.1 Å². The van der Waals surface area contributed by atoms with E-state index in [0.717, 1.165) is 17.8 Å². The molecular weight excluding hydrogens is 234 g/mol. The summed E-state index contributed by atoms with van der Waals surface area (Å²) in [6, 6.07) is 16.3. The Labute approximate surface area is 114 Å². The monoisotopic (exact) mass is 253 g/mol. The number of nitrogens with two attached hydrogens (primary N) is 1. The first kappa shape index (κ1) is 13.1. The molecule has 0 fully saturated rings. The number of rotatable bonds is 4. The summed E-state index contributed by atoms with van der Waals surface area (Å²) < 4.78 is 0. The van der Waals surface area contributed by atoms with Crippen molar-refractivity contribution in [2.24, 2.45) is 5.73 Å². The van der Waals surface area contributed by atoms with Gasteiger partial charge >= 0.3 is 0 Å². The van der Waals surface area contributed by atoms with Gasteiger partial charge in [-0.2, -0.15) is 0 Å². The molecule has 0 heterocycles. The van der Waals surface area contributed by atoms with Crippen molar-refractivity contribution in [2.45, 2.75) is 13.5 Å². The standard InChI is InChI=1S/C16H19N3/c1-12-6-8-13(9-7-12)11-19(2)15-5-3-4-14(10-15)16(17)18/h3-10H,11H2,1-2H3,(H3,17,18). The van der Waals surface area contributed by atoms with E-state index in [4.69, 9.17) is 11.1 Å². The maximum atomic E-state index is 7.48. The number of benzene rings is 2. The van der Waals surface area contributed by atoms with E-state index in [-0.39, 0.29) is 5.84 Å². The summed E-state index contributed by atoms with van der Waals surface area (Å²) in [6.07, 6.45) is 0. The van der Waals surface area contributed by atoms with Gasteiger partial charge in [0.25, 0.3) is 0 Å². The van der Waals surface area contributed by atoms with E-state index in [9.17, 15) is 0 Å². The molecule has 3 N–H and O–H groups in total. The van der Waals surface area contributed by atoms with Crippen LogP contribution in [0.5, 0.6) is 0 Å². The number of anilines is 1. The third-order valence-corrected chi connectivity index (χ3v) is 3.14. The molecule has 19 heavy (non-hydrogen) atoms. The number of hydrogen-bond donors (Lipinski definition) is 2. The molecule has 2 rings (SSSR count). The van der Waals surface area contributed by atoms with Crippen molar-refractivity contribution < 1.29 is 0 Å². The minimum absolute atomic E-state index is 0.102. The lowest BCUT2D eigenvalue weighted by molar-refractivity contribution is 0.922. The van der Waals surface area contributed by atoms with Gasteiger partial charge in [-0.05, 0) is 24.6 Å². The fraction of sp³-hybridized carbons (Fsp3) is 0.188. The van der Waals surface area contributed by atoms with Crippen molar-refractivity contribution >= 4 is 11.5 Å². The number of nitrogens with one attached hydrogen (secondary N) is 1. The molecule has 3 heteroatoms. The molecule has 0 saturated carbocycles. The van der Waals surface area contributed by atoms with Gasteiger partial charge in [0.15, 0.2) is 0 Å². The molecule has 0 unspecified atom stereocenters. The van der Waals surface area contributed by atoms with E-state index in [1.165, 1.54) is 11.1 Å². The summed E-state index contributed by atoms with van der Waals surface area (Å²) in [5, 5.41) is 7.48. The average Bonchev–Trinajstić information content (AvgIpc) is 2.41. The fourth-order valence-electron chi connectivity index (χ4n) is 1.97. The van der Waals surface area contributed by atoms with E-state index < -0.39 is 0 Å². The van der Waals surface area contributed by atoms with Crippen LogP contribution in [0.15, 0.2) is 48.5 Å². The average molecular weight is 253 g/mol. The Bertz CT molecular complexity index is 573. The SMILES string of the molecule is Cc1ccc(CN(C)c2cccc(C(=N)N)c2)cc1. The van der Waals surface area contributed by atoms with Crippen LogP contribution in [-0.4, -0.2) is 12.9 Å². The fourth-order valence-corrected chi connectivity index (χ4v) is 1.97. The highest BCUT2D eigenvalue weighted by molar-refractivity contribution is 5.95. The number of nitrogens with zero attached hydrogens (tertiary/aromatic N) is 1. The Morgan fingerprint density at radius 3 is 2.47 bits per heavy atom. The maximum absolute atomic E-state index is 7.48. The molecule has 0 saturated heterocycles. The van der Waals surface area contributed by atoms with Crippen LogP contribution >= 0.6 is 0 Å². The van der Waals surface area contributed by atoms with Crippen LogP contribution in [0.1, 0.15) is 16.7 Å². The number of hydrogen-bond acceptors (Lipinski definition) is 2. The highest BCUT2D eigenvalue weighted by atomic mass is 15.1. The lowest BCUT2D eigenvalue weighted by atomic mass is 10.1. The van der Waals surface area contributed by atoms with Crippen molar-refractivity contribution in [3.05, 3.63) is 65.2 Å². The molecule has 0 amide bonds. The zero-order valence-electron chi connectivity index (χ0n) is 11.4. The van der Waals surface area contributed by atoms with Gasteiger partial charge in [-0.1, -0.05) is 42.0 Å². The second-order valence-corrected chi connectivity index (χ2v) is 4.81. The molecule has 0 atom stereocenters. The van der Waals surface area contributed by atoms with Crippen molar-refractivity contribution in [3.63, 3.8) is 0 Å². The maximum Gasteiger partial charge on any atom is 0.122 e. The van der Waals surface area contributed by atoms with Crippen molar-refractivity contribution in [1.29, 1.82) is 5.41 Å². The van der Waals surface area contributed by atoms with Gasteiger partial charge in [-0.15, -0.1) is 0 Å². The van der Waals surface area contributed by atoms with Crippen LogP contribution in [0.2, 0.25) is 0 Å². The molecule has 0 aromatic heterocycles. The Kier molecular flexibility index (Phi) is 3.85. The van der Waals surface area contributed by atoms with Gasteiger partial charge < -0.3 is 10.6 Å². The van der Waals surface area contributed by atoms with Crippen molar-refractivity contribution in [1.82, 2.24) is 0 Å². The molecule has 98 valence electrons. The van der Waals surface area contributed by atoms with E-state index in [1.807, 2.05) is 31.3 Å². The zero-order valence-corrected chi connectivity index (χ0v) is 11.4. The third kappa shape index (κ3) is 3.35. The van der Waals surface area contributed by atoms with Gasteiger partial charge in [-0.25, -0.2) is 0 Å². The van der Waals surface area contributed by atoms with Gasteiger partial charge in [-0.3, -0.25) is 5.41 Å². The molecule has 0 spiro atoms. The lowest BCUT2D eigenvalue weighted by Gasteiger charge is -2.20. The molecule has 0 aliphatic heterocycles. The molecule has 2 aromatic carbocycles. The molecule has 0 radical (unpaired) electrons. The quantitative estimate of drug-likeness (QED) is 0.650. The molecule has 0 aliphatic rings. The first-order chi connectivity index (χ1) is 9.06. The van der Waals surface area contributed by atoms with Crippen LogP contribution in [0, 0.1) is 12.3 Å². The van der Waals surface area contributed by atoms with E-state index in [0.29, 0.717) is 0 Å². The second kappa shape index (κ2) is 5.57. The molecular formula is C16H19N3. The van der Waals surface area contributed by atoms with Crippen LogP contribution in [0.3, 0.4) is 0 Å². The Morgan fingerprint density at radius 1 is 1.16 bits per heavy atom. The summed E-state index contributed by atoms with van der Waals surface area (Å²) >= 11 is 0. The summed E-state index contributed by atoms with van der Waals surface area (Å²) in [4.78, 5) is 2.15. The van der Waals surface area contributed by atoms with Gasteiger partial charge in [0.05, 0.1) is 0 Å². The van der Waals surface area contributed by atoms with Crippen LogP contribution in [-0.2, 0) is 6.54 Å². The highest BCUT2D eigenvalue weighted by Gasteiger charge is 2.04. The molecule has 0 aliphatic carbocycles. The second-order valence-electron chi connectivity index (χ2n) is 4.81. The number of aryl methyl sites for hydroxylation is 1. The number of nitrogen functional groups attached to an aromatic ring is 1. The Morgan fingerprint density at radius 2 is 1.84 bits per heavy atom.